The van der Waals surface area contributed by atoms with Gasteiger partial charge in [0.25, 0.3) is 0 Å². The highest BCUT2D eigenvalue weighted by Crippen LogP contribution is 2.15. The van der Waals surface area contributed by atoms with Crippen molar-refractivity contribution in [1.29, 1.82) is 0 Å². The Morgan fingerprint density at radius 3 is 2.37 bits per heavy atom. The Balaban J connectivity index is 0. The predicted molar refractivity (Wildman–Crippen MR) is 82.2 cm³/mol. The first kappa shape index (κ1) is 21.2. The Morgan fingerprint density at radius 2 is 1.89 bits per heavy atom. The number of nitrogens with one attached hydrogen (secondary N) is 1. The standard InChI is InChI=1S/C12H25N3O2.2ClH/c1-4-10(13)11(16)14-9-12(2,3)15-5-7-17-8-6-15;;/h10H,4-9,13H2,1-3H3,(H,14,16);2*1H/t10-;;/m0../s1. The number of carbonyl (C=O) groups is 1. The van der Waals surface area contributed by atoms with E-state index in [2.05, 4.69) is 24.1 Å². The summed E-state index contributed by atoms with van der Waals surface area (Å²) in [5.41, 5.74) is 5.63. The minimum Gasteiger partial charge on any atom is -0.379 e. The van der Waals surface area contributed by atoms with Crippen molar-refractivity contribution in [2.75, 3.05) is 32.8 Å². The number of hydrogen-bond donors (Lipinski definition) is 2. The number of nitrogens with zero attached hydrogens (tertiary/aromatic N) is 1. The highest BCUT2D eigenvalue weighted by atomic mass is 35.5. The molecule has 0 aromatic rings. The molecule has 0 radical (unpaired) electrons. The molecule has 0 bridgehead atoms. The van der Waals surface area contributed by atoms with E-state index < -0.39 is 6.04 Å². The van der Waals surface area contributed by atoms with Crippen LogP contribution in [0.1, 0.15) is 27.2 Å². The number of amides is 1. The summed E-state index contributed by atoms with van der Waals surface area (Å²) in [7, 11) is 0. The number of hydrogen-bond acceptors (Lipinski definition) is 4. The van der Waals surface area contributed by atoms with Crippen molar-refractivity contribution in [1.82, 2.24) is 10.2 Å². The number of carbonyl (C=O) groups excluding carboxylic acids is 1. The van der Waals surface area contributed by atoms with Crippen molar-refractivity contribution in [3.05, 3.63) is 0 Å². The van der Waals surface area contributed by atoms with Crippen LogP contribution in [0, 0.1) is 0 Å². The topological polar surface area (TPSA) is 67.6 Å². The highest BCUT2D eigenvalue weighted by molar-refractivity contribution is 5.85. The van der Waals surface area contributed by atoms with Crippen molar-refractivity contribution in [2.45, 2.75) is 38.8 Å². The van der Waals surface area contributed by atoms with Crippen molar-refractivity contribution in [3.8, 4) is 0 Å². The van der Waals surface area contributed by atoms with Gasteiger partial charge in [-0.2, -0.15) is 0 Å². The van der Waals surface area contributed by atoms with E-state index in [1.165, 1.54) is 0 Å². The van der Waals surface area contributed by atoms with E-state index in [9.17, 15) is 4.79 Å². The van der Waals surface area contributed by atoms with E-state index in [1.807, 2.05) is 6.92 Å². The molecule has 0 spiro atoms. The lowest BCUT2D eigenvalue weighted by molar-refractivity contribution is -0.123. The zero-order chi connectivity index (χ0) is 12.9. The number of nitrogens with two attached hydrogens (primary N) is 1. The second-order valence-corrected chi connectivity index (χ2v) is 5.14. The molecule has 1 fully saturated rings. The molecule has 1 saturated heterocycles. The van der Waals surface area contributed by atoms with Gasteiger partial charge in [0, 0.05) is 25.2 Å². The van der Waals surface area contributed by atoms with Crippen LogP contribution in [0.2, 0.25) is 0 Å². The lowest BCUT2D eigenvalue weighted by Crippen LogP contribution is -2.56. The van der Waals surface area contributed by atoms with Gasteiger partial charge in [0.05, 0.1) is 19.3 Å². The van der Waals surface area contributed by atoms with Crippen molar-refractivity contribution in [3.63, 3.8) is 0 Å². The van der Waals surface area contributed by atoms with Crippen molar-refractivity contribution < 1.29 is 9.53 Å². The van der Waals surface area contributed by atoms with Gasteiger partial charge >= 0.3 is 0 Å². The molecule has 0 saturated carbocycles. The van der Waals surface area contributed by atoms with E-state index in [-0.39, 0.29) is 36.3 Å². The summed E-state index contributed by atoms with van der Waals surface area (Å²) in [4.78, 5) is 14.0. The Labute approximate surface area is 128 Å². The molecule has 1 aliphatic heterocycles. The summed E-state index contributed by atoms with van der Waals surface area (Å²) in [6, 6.07) is -0.393. The van der Waals surface area contributed by atoms with Gasteiger partial charge in [0.1, 0.15) is 0 Å². The molecule has 0 aromatic carbocycles. The van der Waals surface area contributed by atoms with Crippen LogP contribution < -0.4 is 11.1 Å². The zero-order valence-corrected chi connectivity index (χ0v) is 13.6. The number of ether oxygens (including phenoxy) is 1. The van der Waals surface area contributed by atoms with Gasteiger partial charge in [-0.3, -0.25) is 9.69 Å². The minimum absolute atomic E-state index is 0. The highest BCUT2D eigenvalue weighted by Gasteiger charge is 2.28. The number of halogens is 2. The molecule has 1 heterocycles. The fraction of sp³-hybridized carbons (Fsp3) is 0.917. The molecule has 0 aliphatic carbocycles. The first-order valence-electron chi connectivity index (χ1n) is 6.33. The molecule has 1 amide bonds. The van der Waals surface area contributed by atoms with Crippen molar-refractivity contribution >= 4 is 30.7 Å². The van der Waals surface area contributed by atoms with Crippen LogP contribution in [0.4, 0.5) is 0 Å². The van der Waals surface area contributed by atoms with Gasteiger partial charge in [0.15, 0.2) is 0 Å². The monoisotopic (exact) mass is 315 g/mol. The quantitative estimate of drug-likeness (QED) is 0.787. The molecule has 19 heavy (non-hydrogen) atoms. The molecule has 1 atom stereocenters. The average molecular weight is 316 g/mol. The lowest BCUT2D eigenvalue weighted by Gasteiger charge is -2.41. The van der Waals surface area contributed by atoms with E-state index >= 15 is 0 Å². The zero-order valence-electron chi connectivity index (χ0n) is 12.0. The van der Waals surface area contributed by atoms with Gasteiger partial charge in [-0.15, -0.1) is 24.8 Å². The summed E-state index contributed by atoms with van der Waals surface area (Å²) in [6.07, 6.45) is 0.670. The molecule has 0 unspecified atom stereocenters. The van der Waals surface area contributed by atoms with E-state index in [4.69, 9.17) is 10.5 Å². The van der Waals surface area contributed by atoms with Gasteiger partial charge in [-0.05, 0) is 20.3 Å². The predicted octanol–water partition coefficient (Wildman–Crippen LogP) is 0.794. The maximum atomic E-state index is 11.6. The van der Waals surface area contributed by atoms with Crippen LogP contribution >= 0.6 is 24.8 Å². The van der Waals surface area contributed by atoms with Crippen LogP contribution in [0.5, 0.6) is 0 Å². The third kappa shape index (κ3) is 6.77. The molecule has 1 aliphatic rings. The third-order valence-electron chi connectivity index (χ3n) is 3.34. The number of morpholine rings is 1. The summed E-state index contributed by atoms with van der Waals surface area (Å²) in [6.45, 7) is 10.2. The molecular weight excluding hydrogens is 289 g/mol. The molecule has 116 valence electrons. The molecule has 7 heteroatoms. The largest absolute Gasteiger partial charge is 0.379 e. The summed E-state index contributed by atoms with van der Waals surface area (Å²) >= 11 is 0. The third-order valence-corrected chi connectivity index (χ3v) is 3.34. The Kier molecular flexibility index (Phi) is 10.9. The van der Waals surface area contributed by atoms with Gasteiger partial charge in [0.2, 0.25) is 5.91 Å². The summed E-state index contributed by atoms with van der Waals surface area (Å²) in [5, 5.41) is 2.92. The van der Waals surface area contributed by atoms with Crippen LogP contribution in [-0.2, 0) is 9.53 Å². The Morgan fingerprint density at radius 1 is 1.37 bits per heavy atom. The second-order valence-electron chi connectivity index (χ2n) is 5.14. The maximum Gasteiger partial charge on any atom is 0.236 e. The first-order chi connectivity index (χ1) is 7.97. The van der Waals surface area contributed by atoms with Crippen LogP contribution in [-0.4, -0.2) is 55.2 Å². The minimum atomic E-state index is -0.393. The van der Waals surface area contributed by atoms with E-state index in [0.29, 0.717) is 13.0 Å². The van der Waals surface area contributed by atoms with E-state index in [0.717, 1.165) is 26.3 Å². The second kappa shape index (κ2) is 9.77. The fourth-order valence-corrected chi connectivity index (χ4v) is 1.90. The Bertz CT molecular complexity index is 259. The molecular formula is C12H27Cl2N3O2. The smallest absolute Gasteiger partial charge is 0.236 e. The number of rotatable bonds is 5. The van der Waals surface area contributed by atoms with Gasteiger partial charge in [-0.1, -0.05) is 6.92 Å². The van der Waals surface area contributed by atoms with Crippen molar-refractivity contribution in [2.24, 2.45) is 5.73 Å². The van der Waals surface area contributed by atoms with Crippen LogP contribution in [0.15, 0.2) is 0 Å². The normalized spacial score (nSPS) is 17.9. The van der Waals surface area contributed by atoms with Gasteiger partial charge < -0.3 is 15.8 Å². The molecule has 1 rings (SSSR count). The molecule has 0 aromatic heterocycles. The molecule has 3 N–H and O–H groups in total. The fourth-order valence-electron chi connectivity index (χ4n) is 1.90. The first-order valence-corrected chi connectivity index (χ1v) is 6.33. The lowest BCUT2D eigenvalue weighted by atomic mass is 10.0. The summed E-state index contributed by atoms with van der Waals surface area (Å²) < 4.78 is 5.33. The van der Waals surface area contributed by atoms with Gasteiger partial charge in [-0.25, -0.2) is 0 Å². The van der Waals surface area contributed by atoms with E-state index in [1.54, 1.807) is 0 Å². The summed E-state index contributed by atoms with van der Waals surface area (Å²) in [5.74, 6) is -0.0613. The SMILES string of the molecule is CC[C@H](N)C(=O)NCC(C)(C)N1CCOCC1.Cl.Cl. The molecule has 5 nitrogen and oxygen atoms in total. The Hall–Kier alpha value is -0.0700. The average Bonchev–Trinajstić information content (AvgIpc) is 2.36. The van der Waals surface area contributed by atoms with Crippen LogP contribution in [0.3, 0.4) is 0 Å². The maximum absolute atomic E-state index is 11.6. The van der Waals surface area contributed by atoms with Crippen LogP contribution in [0.25, 0.3) is 0 Å².